The van der Waals surface area contributed by atoms with Gasteiger partial charge in [0.25, 0.3) is 0 Å². The van der Waals surface area contributed by atoms with E-state index in [1.165, 1.54) is 12.8 Å². The fraction of sp³-hybridized carbons (Fsp3) is 0.750. The van der Waals surface area contributed by atoms with Gasteiger partial charge in [0, 0.05) is 19.1 Å². The number of aromatic nitrogens is 2. The molecule has 2 aliphatic rings. The number of halogens is 2. The zero-order valence-corrected chi connectivity index (χ0v) is 22.0. The van der Waals surface area contributed by atoms with Crippen LogP contribution < -0.4 is 15.8 Å². The van der Waals surface area contributed by atoms with Crippen LogP contribution in [0.3, 0.4) is 0 Å². The predicted molar refractivity (Wildman–Crippen MR) is 136 cm³/mol. The highest BCUT2D eigenvalue weighted by Crippen LogP contribution is 2.31. The molecule has 36 heavy (non-hydrogen) atoms. The number of carbonyl (C=O) groups excluding carboxylic acids is 2. The van der Waals surface area contributed by atoms with E-state index in [1.807, 2.05) is 4.90 Å². The molecule has 1 saturated carbocycles. The van der Waals surface area contributed by atoms with Gasteiger partial charge in [-0.05, 0) is 56.3 Å². The zero-order valence-electron chi connectivity index (χ0n) is 21.3. The maximum atomic E-state index is 15.5. The van der Waals surface area contributed by atoms with Gasteiger partial charge in [-0.15, -0.1) is 0 Å². The molecular weight excluding hydrogens is 489 g/mol. The second-order valence-corrected chi connectivity index (χ2v) is 10.1. The van der Waals surface area contributed by atoms with Crippen LogP contribution in [0, 0.1) is 17.7 Å². The van der Waals surface area contributed by atoms with Gasteiger partial charge in [-0.1, -0.05) is 39.5 Å². The quantitative estimate of drug-likeness (QED) is 0.146. The second-order valence-electron chi connectivity index (χ2n) is 9.72. The lowest BCUT2D eigenvalue weighted by atomic mass is 9.94. The number of hydroxylamine groups is 2. The maximum absolute atomic E-state index is 15.5. The molecular formula is C24H39ClFN7O3. The summed E-state index contributed by atoms with van der Waals surface area (Å²) in [5.74, 6) is -1.39. The van der Waals surface area contributed by atoms with Crippen molar-refractivity contribution in [3.05, 3.63) is 11.1 Å². The van der Waals surface area contributed by atoms with E-state index in [4.69, 9.17) is 11.6 Å². The number of hydrazine groups is 1. The summed E-state index contributed by atoms with van der Waals surface area (Å²) in [5, 5.41) is 10.0. The topological polar surface area (TPSA) is 114 Å². The average Bonchev–Trinajstić information content (AvgIpc) is 3.57. The smallest absolute Gasteiger partial charge is 0.243 e. The summed E-state index contributed by atoms with van der Waals surface area (Å²) in [6, 6.07) is 0.103. The predicted octanol–water partition coefficient (Wildman–Crippen LogP) is 3.46. The van der Waals surface area contributed by atoms with Crippen LogP contribution in [0.25, 0.3) is 0 Å². The molecule has 1 aromatic heterocycles. The van der Waals surface area contributed by atoms with Crippen LogP contribution in [-0.2, 0) is 9.59 Å². The fourth-order valence-electron chi connectivity index (χ4n) is 5.30. The first-order valence-corrected chi connectivity index (χ1v) is 13.4. The van der Waals surface area contributed by atoms with Gasteiger partial charge in [-0.3, -0.25) is 25.6 Å². The molecule has 2 fully saturated rings. The molecule has 1 aliphatic carbocycles. The number of hydrogen-bond donors (Lipinski definition) is 3. The Morgan fingerprint density at radius 1 is 1.25 bits per heavy atom. The summed E-state index contributed by atoms with van der Waals surface area (Å²) in [6.45, 7) is 7.31. The Hall–Kier alpha value is -2.24. The van der Waals surface area contributed by atoms with E-state index in [0.29, 0.717) is 23.9 Å². The van der Waals surface area contributed by atoms with Gasteiger partial charge in [0.1, 0.15) is 0 Å². The molecule has 2 atom stereocenters. The van der Waals surface area contributed by atoms with E-state index in [1.54, 1.807) is 0 Å². The molecule has 10 nitrogen and oxygen atoms in total. The van der Waals surface area contributed by atoms with Crippen molar-refractivity contribution < 1.29 is 19.2 Å². The van der Waals surface area contributed by atoms with Crippen LogP contribution in [-0.4, -0.2) is 76.2 Å². The fourth-order valence-corrected chi connectivity index (χ4v) is 5.46. The molecule has 1 saturated heterocycles. The molecule has 0 unspecified atom stereocenters. The number of nitrogens with zero attached hydrogens (tertiary/aromatic N) is 5. The number of likely N-dealkylation sites (N-methyl/N-ethyl adjacent to an activating group) is 1. The Bertz CT molecular complexity index is 870. The largest absolute Gasteiger partial charge is 0.350 e. The summed E-state index contributed by atoms with van der Waals surface area (Å²) in [5.41, 5.74) is 5.05. The lowest BCUT2D eigenvalue weighted by Crippen LogP contribution is -2.42. The number of carbonyl (C=O) groups is 2. The molecule has 3 N–H and O–H groups in total. The maximum Gasteiger partial charge on any atom is 0.243 e. The van der Waals surface area contributed by atoms with Crippen molar-refractivity contribution in [2.75, 3.05) is 43.0 Å². The van der Waals surface area contributed by atoms with Crippen LogP contribution in [0.4, 0.5) is 16.0 Å². The van der Waals surface area contributed by atoms with Gasteiger partial charge in [0.2, 0.25) is 23.4 Å². The van der Waals surface area contributed by atoms with Crippen molar-refractivity contribution in [2.45, 2.75) is 71.3 Å². The SMILES string of the molecule is CCN(CC)C[C@@H]1CCCN1c1nc(Cl)nc(NNC(=O)[C@H](CCC2CCCC2)CN(O)C=O)c1F. The van der Waals surface area contributed by atoms with Crippen LogP contribution >= 0.6 is 11.6 Å². The summed E-state index contributed by atoms with van der Waals surface area (Å²) >= 11 is 6.14. The molecule has 0 bridgehead atoms. The first kappa shape index (κ1) is 28.3. The van der Waals surface area contributed by atoms with E-state index in [9.17, 15) is 14.8 Å². The van der Waals surface area contributed by atoms with Crippen molar-refractivity contribution >= 4 is 35.6 Å². The Morgan fingerprint density at radius 2 is 1.97 bits per heavy atom. The highest BCUT2D eigenvalue weighted by molar-refractivity contribution is 6.28. The Kier molecular flexibility index (Phi) is 10.9. The number of amides is 2. The molecule has 1 aliphatic heterocycles. The van der Waals surface area contributed by atoms with Crippen LogP contribution in [0.5, 0.6) is 0 Å². The Balaban J connectivity index is 1.68. The van der Waals surface area contributed by atoms with Crippen LogP contribution in [0.15, 0.2) is 0 Å². The van der Waals surface area contributed by atoms with E-state index < -0.39 is 17.6 Å². The van der Waals surface area contributed by atoms with Crippen molar-refractivity contribution in [3.63, 3.8) is 0 Å². The minimum absolute atomic E-state index is 0.103. The monoisotopic (exact) mass is 527 g/mol. The van der Waals surface area contributed by atoms with E-state index in [-0.39, 0.29) is 35.9 Å². The first-order valence-electron chi connectivity index (χ1n) is 13.0. The van der Waals surface area contributed by atoms with Gasteiger partial charge >= 0.3 is 0 Å². The molecule has 0 radical (unpaired) electrons. The molecule has 0 spiro atoms. The molecule has 1 aromatic rings. The third-order valence-corrected chi connectivity index (χ3v) is 7.59. The highest BCUT2D eigenvalue weighted by Gasteiger charge is 2.31. The Morgan fingerprint density at radius 3 is 2.64 bits per heavy atom. The number of anilines is 2. The Labute approximate surface area is 217 Å². The van der Waals surface area contributed by atoms with Gasteiger partial charge in [-0.25, -0.2) is 5.06 Å². The average molecular weight is 528 g/mol. The number of rotatable bonds is 14. The summed E-state index contributed by atoms with van der Waals surface area (Å²) < 4.78 is 15.5. The van der Waals surface area contributed by atoms with Crippen molar-refractivity contribution in [3.8, 4) is 0 Å². The molecule has 0 aromatic carbocycles. The van der Waals surface area contributed by atoms with Crippen molar-refractivity contribution in [1.82, 2.24) is 25.4 Å². The van der Waals surface area contributed by atoms with Crippen LogP contribution in [0.1, 0.15) is 65.2 Å². The lowest BCUT2D eigenvalue weighted by molar-refractivity contribution is -0.154. The highest BCUT2D eigenvalue weighted by atomic mass is 35.5. The van der Waals surface area contributed by atoms with Crippen molar-refractivity contribution in [1.29, 1.82) is 0 Å². The minimum atomic E-state index is -0.690. The molecule has 2 amide bonds. The van der Waals surface area contributed by atoms with Gasteiger partial charge in [0.05, 0.1) is 12.5 Å². The van der Waals surface area contributed by atoms with E-state index in [2.05, 4.69) is 39.6 Å². The summed E-state index contributed by atoms with van der Waals surface area (Å²) in [4.78, 5) is 36.1. The normalized spacial score (nSPS) is 19.1. The third kappa shape index (κ3) is 7.63. The van der Waals surface area contributed by atoms with Gasteiger partial charge < -0.3 is 9.80 Å². The second kappa shape index (κ2) is 13.9. The number of nitrogens with one attached hydrogen (secondary N) is 2. The molecule has 3 rings (SSSR count). The van der Waals surface area contributed by atoms with Gasteiger partial charge in [0.15, 0.2) is 11.6 Å². The van der Waals surface area contributed by atoms with Crippen molar-refractivity contribution in [2.24, 2.45) is 11.8 Å². The molecule has 12 heteroatoms. The summed E-state index contributed by atoms with van der Waals surface area (Å²) in [7, 11) is 0. The zero-order chi connectivity index (χ0) is 26.1. The lowest BCUT2D eigenvalue weighted by Gasteiger charge is -2.30. The van der Waals surface area contributed by atoms with Gasteiger partial charge in [-0.2, -0.15) is 14.4 Å². The number of hydrogen-bond acceptors (Lipinski definition) is 8. The van der Waals surface area contributed by atoms with Crippen LogP contribution in [0.2, 0.25) is 5.28 Å². The van der Waals surface area contributed by atoms with E-state index in [0.717, 1.165) is 51.7 Å². The van der Waals surface area contributed by atoms with E-state index >= 15 is 4.39 Å². The first-order chi connectivity index (χ1) is 17.4. The minimum Gasteiger partial charge on any atom is -0.350 e. The summed E-state index contributed by atoms with van der Waals surface area (Å²) in [6.07, 6.45) is 8.07. The molecule has 202 valence electrons. The molecule has 2 heterocycles. The standard InChI is InChI=1S/C24H39ClFN7O3/c1-3-31(4-2)15-19-10-7-13-33(19)22-20(26)21(27-24(25)28-22)29-30-23(35)18(14-32(36)16-34)12-11-17-8-5-6-9-17/h16-19,36H,3-15H2,1-2H3,(H,30,35)(H,27,28,29)/t18-,19+/m1/s1. The third-order valence-electron chi connectivity index (χ3n) is 7.42.